The zero-order valence-electron chi connectivity index (χ0n) is 11.0. The number of ether oxygens (including phenoxy) is 1. The van der Waals surface area contributed by atoms with Crippen LogP contribution in [0.1, 0.15) is 43.2 Å². The standard InChI is InChI=1S/C15H20O3/c1-3-10-8-12(6-7-14(10)18-2)13(9-15(16)17)11-4-5-11/h6-8,11,13H,3-5,9H2,1-2H3,(H,16,17). The van der Waals surface area contributed by atoms with Gasteiger partial charge in [0.2, 0.25) is 0 Å². The van der Waals surface area contributed by atoms with E-state index >= 15 is 0 Å². The summed E-state index contributed by atoms with van der Waals surface area (Å²) in [6.45, 7) is 2.09. The van der Waals surface area contributed by atoms with Gasteiger partial charge in [0.05, 0.1) is 13.5 Å². The number of hydrogen-bond acceptors (Lipinski definition) is 2. The van der Waals surface area contributed by atoms with E-state index in [1.54, 1.807) is 7.11 Å². The van der Waals surface area contributed by atoms with Crippen molar-refractivity contribution in [2.45, 2.75) is 38.5 Å². The minimum absolute atomic E-state index is 0.165. The Morgan fingerprint density at radius 3 is 2.72 bits per heavy atom. The number of aliphatic carboxylic acids is 1. The molecule has 0 heterocycles. The second kappa shape index (κ2) is 5.42. The van der Waals surface area contributed by atoms with E-state index in [2.05, 4.69) is 13.0 Å². The Kier molecular flexibility index (Phi) is 3.90. The number of benzene rings is 1. The third-order valence-electron chi connectivity index (χ3n) is 3.70. The predicted octanol–water partition coefficient (Wildman–Crippen LogP) is 3.23. The molecule has 1 fully saturated rings. The van der Waals surface area contributed by atoms with E-state index in [4.69, 9.17) is 9.84 Å². The lowest BCUT2D eigenvalue weighted by Crippen LogP contribution is -2.09. The normalized spacial score (nSPS) is 16.3. The summed E-state index contributed by atoms with van der Waals surface area (Å²) in [5.41, 5.74) is 2.31. The number of carboxylic acid groups (broad SMARTS) is 1. The Morgan fingerprint density at radius 1 is 1.50 bits per heavy atom. The van der Waals surface area contributed by atoms with Crippen LogP contribution < -0.4 is 4.74 Å². The number of methoxy groups -OCH3 is 1. The fourth-order valence-electron chi connectivity index (χ4n) is 2.55. The first kappa shape index (κ1) is 12.9. The molecular weight excluding hydrogens is 228 g/mol. The van der Waals surface area contributed by atoms with E-state index < -0.39 is 5.97 Å². The third-order valence-corrected chi connectivity index (χ3v) is 3.70. The highest BCUT2D eigenvalue weighted by Crippen LogP contribution is 2.45. The van der Waals surface area contributed by atoms with Gasteiger partial charge in [-0.25, -0.2) is 0 Å². The smallest absolute Gasteiger partial charge is 0.303 e. The molecule has 1 atom stereocenters. The van der Waals surface area contributed by atoms with Crippen molar-refractivity contribution in [2.75, 3.05) is 7.11 Å². The Bertz CT molecular complexity index is 435. The Labute approximate surface area is 108 Å². The molecule has 3 heteroatoms. The van der Waals surface area contributed by atoms with E-state index in [0.717, 1.165) is 36.1 Å². The number of rotatable bonds is 6. The van der Waals surface area contributed by atoms with Crippen LogP contribution in [0.3, 0.4) is 0 Å². The molecule has 0 radical (unpaired) electrons. The van der Waals surface area contributed by atoms with Gasteiger partial charge in [0.25, 0.3) is 0 Å². The van der Waals surface area contributed by atoms with Gasteiger partial charge >= 0.3 is 5.97 Å². The van der Waals surface area contributed by atoms with Crippen molar-refractivity contribution in [1.82, 2.24) is 0 Å². The number of carboxylic acids is 1. The maximum absolute atomic E-state index is 11.0. The van der Waals surface area contributed by atoms with Crippen molar-refractivity contribution >= 4 is 5.97 Å². The van der Waals surface area contributed by atoms with Crippen LogP contribution in [0.4, 0.5) is 0 Å². The molecule has 0 saturated heterocycles. The summed E-state index contributed by atoms with van der Waals surface area (Å²) in [6, 6.07) is 6.10. The molecule has 3 nitrogen and oxygen atoms in total. The van der Waals surface area contributed by atoms with Crippen molar-refractivity contribution in [1.29, 1.82) is 0 Å². The zero-order valence-corrected chi connectivity index (χ0v) is 11.0. The fourth-order valence-corrected chi connectivity index (χ4v) is 2.55. The molecule has 0 aromatic heterocycles. The van der Waals surface area contributed by atoms with Gasteiger partial charge in [-0.3, -0.25) is 4.79 Å². The maximum atomic E-state index is 11.0. The molecule has 1 aliphatic carbocycles. The lowest BCUT2D eigenvalue weighted by molar-refractivity contribution is -0.137. The molecule has 0 aliphatic heterocycles. The molecule has 1 N–H and O–H groups in total. The SMILES string of the molecule is CCc1cc(C(CC(=O)O)C2CC2)ccc1OC. The van der Waals surface area contributed by atoms with E-state index in [1.807, 2.05) is 12.1 Å². The van der Waals surface area contributed by atoms with Crippen LogP contribution in [0.5, 0.6) is 5.75 Å². The highest BCUT2D eigenvalue weighted by Gasteiger charge is 2.33. The van der Waals surface area contributed by atoms with E-state index in [-0.39, 0.29) is 12.3 Å². The van der Waals surface area contributed by atoms with Gasteiger partial charge in [-0.05, 0) is 48.3 Å². The second-order valence-electron chi connectivity index (χ2n) is 4.97. The molecule has 1 unspecified atom stereocenters. The van der Waals surface area contributed by atoms with Crippen LogP contribution in [0.2, 0.25) is 0 Å². The van der Waals surface area contributed by atoms with E-state index in [1.165, 1.54) is 0 Å². The Morgan fingerprint density at radius 2 is 2.22 bits per heavy atom. The van der Waals surface area contributed by atoms with Crippen molar-refractivity contribution in [3.8, 4) is 5.75 Å². The third kappa shape index (κ3) is 2.84. The number of hydrogen-bond donors (Lipinski definition) is 1. The largest absolute Gasteiger partial charge is 0.496 e. The van der Waals surface area contributed by atoms with Crippen LogP contribution in [0, 0.1) is 5.92 Å². The molecule has 0 spiro atoms. The molecule has 0 amide bonds. The molecular formula is C15H20O3. The van der Waals surface area contributed by atoms with Crippen LogP contribution in [-0.4, -0.2) is 18.2 Å². The monoisotopic (exact) mass is 248 g/mol. The van der Waals surface area contributed by atoms with Gasteiger partial charge in [-0.15, -0.1) is 0 Å². The molecule has 1 aromatic rings. The second-order valence-corrected chi connectivity index (χ2v) is 4.97. The van der Waals surface area contributed by atoms with Gasteiger partial charge in [0.15, 0.2) is 0 Å². The minimum Gasteiger partial charge on any atom is -0.496 e. The van der Waals surface area contributed by atoms with Crippen LogP contribution >= 0.6 is 0 Å². The summed E-state index contributed by atoms with van der Waals surface area (Å²) in [6.07, 6.45) is 3.46. The van der Waals surface area contributed by atoms with Gasteiger partial charge in [-0.1, -0.05) is 19.1 Å². The lowest BCUT2D eigenvalue weighted by atomic mass is 9.89. The summed E-state index contributed by atoms with van der Waals surface area (Å²) in [5, 5.41) is 9.02. The molecule has 1 aliphatic rings. The minimum atomic E-state index is -0.708. The van der Waals surface area contributed by atoms with Gasteiger partial charge in [0.1, 0.15) is 5.75 Å². The summed E-state index contributed by atoms with van der Waals surface area (Å²) in [5.74, 6) is 0.907. The quantitative estimate of drug-likeness (QED) is 0.840. The van der Waals surface area contributed by atoms with Gasteiger partial charge < -0.3 is 9.84 Å². The number of carbonyl (C=O) groups is 1. The predicted molar refractivity (Wildman–Crippen MR) is 70.1 cm³/mol. The first-order valence-corrected chi connectivity index (χ1v) is 6.54. The summed E-state index contributed by atoms with van der Waals surface area (Å²) in [4.78, 5) is 11.0. The van der Waals surface area contributed by atoms with E-state index in [0.29, 0.717) is 5.92 Å². The summed E-state index contributed by atoms with van der Waals surface area (Å²) < 4.78 is 5.31. The average Bonchev–Trinajstić information content (AvgIpc) is 3.19. The number of aryl methyl sites for hydroxylation is 1. The first-order chi connectivity index (χ1) is 8.65. The van der Waals surface area contributed by atoms with Gasteiger partial charge in [0, 0.05) is 0 Å². The zero-order chi connectivity index (χ0) is 13.1. The summed E-state index contributed by atoms with van der Waals surface area (Å²) in [7, 11) is 1.67. The molecule has 18 heavy (non-hydrogen) atoms. The van der Waals surface area contributed by atoms with E-state index in [9.17, 15) is 4.79 Å². The molecule has 1 aromatic carbocycles. The Balaban J connectivity index is 2.26. The lowest BCUT2D eigenvalue weighted by Gasteiger charge is -2.17. The highest BCUT2D eigenvalue weighted by molar-refractivity contribution is 5.68. The molecule has 1 saturated carbocycles. The van der Waals surface area contributed by atoms with Crippen molar-refractivity contribution in [3.05, 3.63) is 29.3 Å². The van der Waals surface area contributed by atoms with Crippen LogP contribution in [-0.2, 0) is 11.2 Å². The van der Waals surface area contributed by atoms with Crippen molar-refractivity contribution < 1.29 is 14.6 Å². The van der Waals surface area contributed by atoms with Crippen molar-refractivity contribution in [3.63, 3.8) is 0 Å². The summed E-state index contributed by atoms with van der Waals surface area (Å²) >= 11 is 0. The maximum Gasteiger partial charge on any atom is 0.303 e. The van der Waals surface area contributed by atoms with Crippen LogP contribution in [0.15, 0.2) is 18.2 Å². The average molecular weight is 248 g/mol. The molecule has 0 bridgehead atoms. The topological polar surface area (TPSA) is 46.5 Å². The molecule has 98 valence electrons. The van der Waals surface area contributed by atoms with Crippen molar-refractivity contribution in [2.24, 2.45) is 5.92 Å². The first-order valence-electron chi connectivity index (χ1n) is 6.54. The fraction of sp³-hybridized carbons (Fsp3) is 0.533. The Hall–Kier alpha value is -1.51. The highest BCUT2D eigenvalue weighted by atomic mass is 16.5. The van der Waals surface area contributed by atoms with Gasteiger partial charge in [-0.2, -0.15) is 0 Å². The van der Waals surface area contributed by atoms with Crippen LogP contribution in [0.25, 0.3) is 0 Å². The molecule has 2 rings (SSSR count).